The molecule has 1 N–H and O–H groups in total. The number of benzene rings is 1. The molecule has 0 aliphatic carbocycles. The van der Waals surface area contributed by atoms with Crippen LogP contribution >= 0.6 is 22.9 Å². The van der Waals surface area contributed by atoms with Crippen LogP contribution < -0.4 is 4.74 Å². The minimum Gasteiger partial charge on any atom is -0.494 e. The lowest BCUT2D eigenvalue weighted by Crippen LogP contribution is -2.00. The third kappa shape index (κ3) is 4.22. The molecule has 19 heavy (non-hydrogen) atoms. The van der Waals surface area contributed by atoms with Gasteiger partial charge in [-0.25, -0.2) is 9.78 Å². The van der Waals surface area contributed by atoms with Crippen LogP contribution in [0.1, 0.15) is 21.9 Å². The molecule has 0 saturated carbocycles. The quantitative estimate of drug-likeness (QED) is 0.829. The van der Waals surface area contributed by atoms with Crippen LogP contribution in [-0.2, 0) is 6.42 Å². The predicted octanol–water partition coefficient (Wildman–Crippen LogP) is 3.51. The maximum Gasteiger partial charge on any atom is 0.355 e. The van der Waals surface area contributed by atoms with Crippen molar-refractivity contribution in [2.45, 2.75) is 12.8 Å². The standard InChI is InChI=1S/C13H12ClNO3S/c14-9-3-5-10(6-4-9)18-7-1-2-12-15-11(8-19-12)13(16)17/h3-6,8H,1-2,7H2,(H,16,17). The zero-order valence-corrected chi connectivity index (χ0v) is 11.6. The molecule has 0 bridgehead atoms. The van der Waals surface area contributed by atoms with Crippen molar-refractivity contribution in [1.29, 1.82) is 0 Å². The van der Waals surface area contributed by atoms with E-state index in [0.717, 1.165) is 17.2 Å². The van der Waals surface area contributed by atoms with Crippen LogP contribution in [0.5, 0.6) is 5.75 Å². The van der Waals surface area contributed by atoms with Crippen molar-refractivity contribution in [2.24, 2.45) is 0 Å². The lowest BCUT2D eigenvalue weighted by Gasteiger charge is -2.04. The molecular weight excluding hydrogens is 286 g/mol. The molecule has 6 heteroatoms. The summed E-state index contributed by atoms with van der Waals surface area (Å²) in [6.07, 6.45) is 1.50. The molecule has 1 heterocycles. The first-order valence-corrected chi connectivity index (χ1v) is 6.97. The van der Waals surface area contributed by atoms with Crippen molar-refractivity contribution in [2.75, 3.05) is 6.61 Å². The summed E-state index contributed by atoms with van der Waals surface area (Å²) in [5, 5.41) is 11.8. The highest BCUT2D eigenvalue weighted by atomic mass is 35.5. The predicted molar refractivity (Wildman–Crippen MR) is 74.3 cm³/mol. The summed E-state index contributed by atoms with van der Waals surface area (Å²) in [5.41, 5.74) is 0.110. The van der Waals surface area contributed by atoms with E-state index in [2.05, 4.69) is 4.98 Å². The Hall–Kier alpha value is -1.59. The van der Waals surface area contributed by atoms with Crippen LogP contribution in [0.2, 0.25) is 5.02 Å². The van der Waals surface area contributed by atoms with Gasteiger partial charge < -0.3 is 9.84 Å². The molecule has 1 aromatic heterocycles. The molecule has 0 aliphatic rings. The molecule has 0 atom stereocenters. The fourth-order valence-electron chi connectivity index (χ4n) is 1.47. The summed E-state index contributed by atoms with van der Waals surface area (Å²) >= 11 is 7.13. The van der Waals surface area contributed by atoms with Gasteiger partial charge in [0.05, 0.1) is 11.6 Å². The van der Waals surface area contributed by atoms with Crippen molar-refractivity contribution in [3.8, 4) is 5.75 Å². The summed E-state index contributed by atoms with van der Waals surface area (Å²) in [4.78, 5) is 14.7. The molecule has 0 radical (unpaired) electrons. The molecule has 0 unspecified atom stereocenters. The maximum atomic E-state index is 10.7. The summed E-state index contributed by atoms with van der Waals surface area (Å²) in [6, 6.07) is 7.18. The second kappa shape index (κ2) is 6.54. The van der Waals surface area contributed by atoms with Gasteiger partial charge in [0.2, 0.25) is 0 Å². The Bertz CT molecular complexity index is 553. The first-order chi connectivity index (χ1) is 9.15. The van der Waals surface area contributed by atoms with Gasteiger partial charge in [-0.05, 0) is 30.7 Å². The lowest BCUT2D eigenvalue weighted by atomic mass is 10.3. The van der Waals surface area contributed by atoms with E-state index in [1.165, 1.54) is 11.3 Å². The molecule has 0 saturated heterocycles. The zero-order chi connectivity index (χ0) is 13.7. The van der Waals surface area contributed by atoms with Gasteiger partial charge in [0, 0.05) is 16.8 Å². The number of carboxylic acids is 1. The summed E-state index contributed by atoms with van der Waals surface area (Å²) in [6.45, 7) is 0.559. The van der Waals surface area contributed by atoms with E-state index in [1.807, 2.05) is 12.1 Å². The first-order valence-electron chi connectivity index (χ1n) is 5.71. The minimum atomic E-state index is -0.986. The second-order valence-electron chi connectivity index (χ2n) is 3.84. The van der Waals surface area contributed by atoms with E-state index in [4.69, 9.17) is 21.4 Å². The number of hydrogen-bond acceptors (Lipinski definition) is 4. The molecule has 1 aromatic carbocycles. The number of carboxylic acid groups (broad SMARTS) is 1. The number of hydrogen-bond donors (Lipinski definition) is 1. The first kappa shape index (κ1) is 13.8. The monoisotopic (exact) mass is 297 g/mol. The van der Waals surface area contributed by atoms with Crippen molar-refractivity contribution in [1.82, 2.24) is 4.98 Å². The van der Waals surface area contributed by atoms with Crippen LogP contribution in [0, 0.1) is 0 Å². The van der Waals surface area contributed by atoms with Crippen molar-refractivity contribution >= 4 is 28.9 Å². The van der Waals surface area contributed by atoms with Crippen LogP contribution in [0.15, 0.2) is 29.6 Å². The number of rotatable bonds is 6. The van der Waals surface area contributed by atoms with Crippen LogP contribution in [0.3, 0.4) is 0 Å². The highest BCUT2D eigenvalue weighted by Crippen LogP contribution is 2.16. The third-order valence-corrected chi connectivity index (χ3v) is 3.55. The number of nitrogens with zero attached hydrogens (tertiary/aromatic N) is 1. The van der Waals surface area contributed by atoms with E-state index in [-0.39, 0.29) is 5.69 Å². The van der Waals surface area contributed by atoms with E-state index in [1.54, 1.807) is 17.5 Å². The SMILES string of the molecule is O=C(O)c1csc(CCCOc2ccc(Cl)cc2)n1. The zero-order valence-electron chi connectivity index (χ0n) is 10.0. The average Bonchev–Trinajstić information content (AvgIpc) is 2.86. The Morgan fingerprint density at radius 3 is 2.74 bits per heavy atom. The molecule has 0 amide bonds. The second-order valence-corrected chi connectivity index (χ2v) is 5.22. The highest BCUT2D eigenvalue weighted by molar-refractivity contribution is 7.09. The van der Waals surface area contributed by atoms with E-state index < -0.39 is 5.97 Å². The topological polar surface area (TPSA) is 59.4 Å². The van der Waals surface area contributed by atoms with Gasteiger partial charge in [-0.3, -0.25) is 0 Å². The van der Waals surface area contributed by atoms with Crippen molar-refractivity contribution in [3.05, 3.63) is 45.4 Å². The molecule has 0 fully saturated rings. The Morgan fingerprint density at radius 2 is 2.11 bits per heavy atom. The fourth-order valence-corrected chi connectivity index (χ4v) is 2.41. The molecule has 2 rings (SSSR count). The molecule has 0 spiro atoms. The Kier molecular flexibility index (Phi) is 4.76. The van der Waals surface area contributed by atoms with E-state index >= 15 is 0 Å². The van der Waals surface area contributed by atoms with Crippen molar-refractivity contribution in [3.63, 3.8) is 0 Å². The van der Waals surface area contributed by atoms with Crippen LogP contribution in [0.4, 0.5) is 0 Å². The van der Waals surface area contributed by atoms with E-state index in [9.17, 15) is 4.79 Å². The van der Waals surface area contributed by atoms with Gasteiger partial charge in [0.25, 0.3) is 0 Å². The Labute approximate surface area is 119 Å². The van der Waals surface area contributed by atoms with Gasteiger partial charge >= 0.3 is 5.97 Å². The summed E-state index contributed by atoms with van der Waals surface area (Å²) in [5.74, 6) is -0.213. The number of thiazole rings is 1. The largest absolute Gasteiger partial charge is 0.494 e. The van der Waals surface area contributed by atoms with E-state index in [0.29, 0.717) is 18.1 Å². The highest BCUT2D eigenvalue weighted by Gasteiger charge is 2.08. The molecule has 2 aromatic rings. The van der Waals surface area contributed by atoms with Crippen LogP contribution in [0.25, 0.3) is 0 Å². The van der Waals surface area contributed by atoms with Gasteiger partial charge in [-0.2, -0.15) is 0 Å². The summed E-state index contributed by atoms with van der Waals surface area (Å²) in [7, 11) is 0. The van der Waals surface area contributed by atoms with Crippen LogP contribution in [-0.4, -0.2) is 22.7 Å². The number of ether oxygens (including phenoxy) is 1. The maximum absolute atomic E-state index is 10.7. The average molecular weight is 298 g/mol. The molecule has 100 valence electrons. The van der Waals surface area contributed by atoms with Gasteiger partial charge in [0.1, 0.15) is 5.75 Å². The molecule has 0 aliphatic heterocycles. The van der Waals surface area contributed by atoms with Gasteiger partial charge in [-0.1, -0.05) is 11.6 Å². The normalized spacial score (nSPS) is 10.4. The Morgan fingerprint density at radius 1 is 1.37 bits per heavy atom. The fraction of sp³-hybridized carbons (Fsp3) is 0.231. The third-order valence-electron chi connectivity index (χ3n) is 2.39. The number of aromatic nitrogens is 1. The molecule has 4 nitrogen and oxygen atoms in total. The minimum absolute atomic E-state index is 0.110. The van der Waals surface area contributed by atoms with Gasteiger partial charge in [-0.15, -0.1) is 11.3 Å². The molecular formula is C13H12ClNO3S. The van der Waals surface area contributed by atoms with Crippen molar-refractivity contribution < 1.29 is 14.6 Å². The van der Waals surface area contributed by atoms with Gasteiger partial charge in [0.15, 0.2) is 5.69 Å². The summed E-state index contributed by atoms with van der Waals surface area (Å²) < 4.78 is 5.54. The lowest BCUT2D eigenvalue weighted by molar-refractivity contribution is 0.0691. The smallest absolute Gasteiger partial charge is 0.355 e. The Balaban J connectivity index is 1.74. The number of aryl methyl sites for hydroxylation is 1. The number of halogens is 1. The number of aromatic carboxylic acids is 1. The number of carbonyl (C=O) groups is 1.